The first-order valence-corrected chi connectivity index (χ1v) is 6.47. The number of nitrogens with zero attached hydrogens (tertiary/aromatic N) is 2. The largest absolute Gasteiger partial charge is 0.326 e. The molecule has 0 amide bonds. The van der Waals surface area contributed by atoms with Gasteiger partial charge in [-0.15, -0.1) is 0 Å². The highest BCUT2D eigenvalue weighted by molar-refractivity contribution is 5.26. The summed E-state index contributed by atoms with van der Waals surface area (Å²) in [6.45, 7) is 6.26. The van der Waals surface area contributed by atoms with Crippen molar-refractivity contribution in [1.82, 2.24) is 9.55 Å². The van der Waals surface area contributed by atoms with Gasteiger partial charge in [-0.05, 0) is 19.4 Å². The second-order valence-corrected chi connectivity index (χ2v) is 4.82. The fourth-order valence-corrected chi connectivity index (χ4v) is 2.35. The Morgan fingerprint density at radius 3 is 2.50 bits per heavy atom. The molecule has 0 saturated heterocycles. The van der Waals surface area contributed by atoms with Gasteiger partial charge in [-0.3, -0.25) is 0 Å². The normalized spacial score (nSPS) is 14.4. The lowest BCUT2D eigenvalue weighted by molar-refractivity contribution is 0.481. The number of hydrogen-bond acceptors (Lipinski definition) is 2. The number of rotatable bonds is 4. The predicted molar refractivity (Wildman–Crippen MR) is 74.6 cm³/mol. The Balaban J connectivity index is 2.43. The van der Waals surface area contributed by atoms with E-state index in [1.165, 1.54) is 11.1 Å². The maximum Gasteiger partial charge on any atom is 0.108 e. The van der Waals surface area contributed by atoms with Gasteiger partial charge >= 0.3 is 0 Å². The molecular weight excluding hydrogens is 222 g/mol. The Bertz CT molecular complexity index is 497. The van der Waals surface area contributed by atoms with E-state index in [4.69, 9.17) is 5.73 Å². The highest BCUT2D eigenvalue weighted by Gasteiger charge is 2.19. The van der Waals surface area contributed by atoms with Crippen molar-refractivity contribution in [2.45, 2.75) is 39.3 Å². The SMILES string of the molecule is CCc1nccn1C(c1ccc(C)cc1)C(C)N. The third kappa shape index (κ3) is 2.46. The van der Waals surface area contributed by atoms with Gasteiger partial charge in [0, 0.05) is 24.9 Å². The minimum atomic E-state index is 0.0483. The fourth-order valence-electron chi connectivity index (χ4n) is 2.35. The van der Waals surface area contributed by atoms with Crippen LogP contribution in [0.3, 0.4) is 0 Å². The molecule has 1 aromatic carbocycles. The minimum Gasteiger partial charge on any atom is -0.326 e. The van der Waals surface area contributed by atoms with Crippen LogP contribution in [0.4, 0.5) is 0 Å². The first kappa shape index (κ1) is 12.8. The second kappa shape index (κ2) is 5.36. The summed E-state index contributed by atoms with van der Waals surface area (Å²) in [4.78, 5) is 4.39. The van der Waals surface area contributed by atoms with E-state index in [9.17, 15) is 0 Å². The third-order valence-electron chi connectivity index (χ3n) is 3.28. The molecule has 0 radical (unpaired) electrons. The molecule has 0 aliphatic rings. The van der Waals surface area contributed by atoms with Crippen molar-refractivity contribution in [1.29, 1.82) is 0 Å². The molecule has 18 heavy (non-hydrogen) atoms. The Morgan fingerprint density at radius 1 is 1.28 bits per heavy atom. The van der Waals surface area contributed by atoms with Crippen LogP contribution in [-0.2, 0) is 6.42 Å². The zero-order chi connectivity index (χ0) is 13.1. The maximum atomic E-state index is 6.17. The number of imidazole rings is 1. The average molecular weight is 243 g/mol. The standard InChI is InChI=1S/C15H21N3/c1-4-14-17-9-10-18(14)15(12(3)16)13-7-5-11(2)6-8-13/h5-10,12,15H,4,16H2,1-3H3. The van der Waals surface area contributed by atoms with Gasteiger partial charge in [0.1, 0.15) is 5.82 Å². The summed E-state index contributed by atoms with van der Waals surface area (Å²) in [7, 11) is 0. The summed E-state index contributed by atoms with van der Waals surface area (Å²) < 4.78 is 2.19. The first-order valence-electron chi connectivity index (χ1n) is 6.47. The lowest BCUT2D eigenvalue weighted by atomic mass is 9.99. The van der Waals surface area contributed by atoms with Gasteiger partial charge in [0.05, 0.1) is 6.04 Å². The predicted octanol–water partition coefficient (Wildman–Crippen LogP) is 2.69. The van der Waals surface area contributed by atoms with Crippen molar-refractivity contribution in [2.24, 2.45) is 5.73 Å². The van der Waals surface area contributed by atoms with Crippen molar-refractivity contribution in [2.75, 3.05) is 0 Å². The van der Waals surface area contributed by atoms with Gasteiger partial charge in [-0.25, -0.2) is 4.98 Å². The van der Waals surface area contributed by atoms with Gasteiger partial charge in [0.2, 0.25) is 0 Å². The van der Waals surface area contributed by atoms with E-state index >= 15 is 0 Å². The molecule has 3 heteroatoms. The van der Waals surface area contributed by atoms with Crippen LogP contribution in [0, 0.1) is 6.92 Å². The Kier molecular flexibility index (Phi) is 3.82. The highest BCUT2D eigenvalue weighted by Crippen LogP contribution is 2.23. The number of aryl methyl sites for hydroxylation is 2. The minimum absolute atomic E-state index is 0.0483. The lowest BCUT2D eigenvalue weighted by Crippen LogP contribution is -2.31. The Hall–Kier alpha value is -1.61. The molecule has 1 aromatic heterocycles. The van der Waals surface area contributed by atoms with Crippen LogP contribution in [0.15, 0.2) is 36.7 Å². The quantitative estimate of drug-likeness (QED) is 0.897. The summed E-state index contributed by atoms with van der Waals surface area (Å²) in [5, 5.41) is 0. The zero-order valence-electron chi connectivity index (χ0n) is 11.3. The molecule has 0 fully saturated rings. The van der Waals surface area contributed by atoms with E-state index < -0.39 is 0 Å². The first-order chi connectivity index (χ1) is 8.63. The number of nitrogens with two attached hydrogens (primary N) is 1. The van der Waals surface area contributed by atoms with Crippen LogP contribution < -0.4 is 5.73 Å². The highest BCUT2D eigenvalue weighted by atomic mass is 15.1. The molecule has 0 bridgehead atoms. The smallest absolute Gasteiger partial charge is 0.108 e. The second-order valence-electron chi connectivity index (χ2n) is 4.82. The molecule has 0 spiro atoms. The van der Waals surface area contributed by atoms with Crippen LogP contribution in [0.1, 0.15) is 36.8 Å². The van der Waals surface area contributed by atoms with Crippen molar-refractivity contribution in [3.05, 3.63) is 53.6 Å². The molecule has 2 rings (SSSR count). The van der Waals surface area contributed by atoms with E-state index in [0.29, 0.717) is 0 Å². The molecule has 0 aliphatic carbocycles. The van der Waals surface area contributed by atoms with Gasteiger partial charge in [0.15, 0.2) is 0 Å². The molecule has 2 unspecified atom stereocenters. The molecule has 96 valence electrons. The van der Waals surface area contributed by atoms with Crippen molar-refractivity contribution in [3.8, 4) is 0 Å². The molecule has 0 saturated carbocycles. The van der Waals surface area contributed by atoms with E-state index in [1.54, 1.807) is 0 Å². The van der Waals surface area contributed by atoms with Crippen LogP contribution in [0.25, 0.3) is 0 Å². The Morgan fingerprint density at radius 2 is 1.94 bits per heavy atom. The topological polar surface area (TPSA) is 43.8 Å². The van der Waals surface area contributed by atoms with Crippen molar-refractivity contribution < 1.29 is 0 Å². The molecule has 2 atom stereocenters. The zero-order valence-corrected chi connectivity index (χ0v) is 11.3. The summed E-state index contributed by atoms with van der Waals surface area (Å²) in [5.74, 6) is 1.08. The van der Waals surface area contributed by atoms with Crippen molar-refractivity contribution in [3.63, 3.8) is 0 Å². The Labute approximate surface area is 109 Å². The fraction of sp³-hybridized carbons (Fsp3) is 0.400. The molecule has 0 aliphatic heterocycles. The lowest BCUT2D eigenvalue weighted by Gasteiger charge is -2.24. The summed E-state index contributed by atoms with van der Waals surface area (Å²) in [6.07, 6.45) is 4.79. The summed E-state index contributed by atoms with van der Waals surface area (Å²) >= 11 is 0. The average Bonchev–Trinajstić information content (AvgIpc) is 2.79. The number of aromatic nitrogens is 2. The number of benzene rings is 1. The maximum absolute atomic E-state index is 6.17. The summed E-state index contributed by atoms with van der Waals surface area (Å²) in [5.41, 5.74) is 8.68. The van der Waals surface area contributed by atoms with Crippen molar-refractivity contribution >= 4 is 0 Å². The van der Waals surface area contributed by atoms with E-state index in [1.807, 2.05) is 19.3 Å². The monoisotopic (exact) mass is 243 g/mol. The summed E-state index contributed by atoms with van der Waals surface area (Å²) in [6, 6.07) is 8.78. The van der Waals surface area contributed by atoms with Crippen LogP contribution in [0.2, 0.25) is 0 Å². The number of hydrogen-bond donors (Lipinski definition) is 1. The molecule has 2 aromatic rings. The molecule has 1 heterocycles. The third-order valence-corrected chi connectivity index (χ3v) is 3.28. The van der Waals surface area contributed by atoms with E-state index in [-0.39, 0.29) is 12.1 Å². The van der Waals surface area contributed by atoms with Gasteiger partial charge in [-0.2, -0.15) is 0 Å². The van der Waals surface area contributed by atoms with Gasteiger partial charge in [0.25, 0.3) is 0 Å². The molecule has 2 N–H and O–H groups in total. The van der Waals surface area contributed by atoms with Gasteiger partial charge in [-0.1, -0.05) is 36.8 Å². The van der Waals surface area contributed by atoms with Crippen LogP contribution in [0.5, 0.6) is 0 Å². The van der Waals surface area contributed by atoms with E-state index in [0.717, 1.165) is 12.2 Å². The van der Waals surface area contributed by atoms with Crippen LogP contribution >= 0.6 is 0 Å². The molecular formula is C15H21N3. The molecule has 3 nitrogen and oxygen atoms in total. The van der Waals surface area contributed by atoms with Crippen LogP contribution in [-0.4, -0.2) is 15.6 Å². The van der Waals surface area contributed by atoms with Gasteiger partial charge < -0.3 is 10.3 Å². The van der Waals surface area contributed by atoms with E-state index in [2.05, 4.69) is 47.7 Å².